The monoisotopic (exact) mass is 405 g/mol. The Bertz CT molecular complexity index is 816. The van der Waals surface area contributed by atoms with Crippen molar-refractivity contribution < 1.29 is 14.7 Å². The van der Waals surface area contributed by atoms with E-state index in [2.05, 4.69) is 16.0 Å². The van der Waals surface area contributed by atoms with Crippen LogP contribution in [0.4, 0.5) is 10.5 Å². The number of halogens is 1. The molecule has 2 amide bonds. The van der Waals surface area contributed by atoms with Crippen molar-refractivity contribution in [3.63, 3.8) is 0 Å². The third-order valence-electron chi connectivity index (χ3n) is 4.10. The van der Waals surface area contributed by atoms with Gasteiger partial charge in [-0.1, -0.05) is 35.9 Å². The topological polar surface area (TPSA) is 90.5 Å². The van der Waals surface area contributed by atoms with E-state index < -0.39 is 11.5 Å². The smallest absolute Gasteiger partial charge is 0.288 e. The van der Waals surface area contributed by atoms with Crippen molar-refractivity contribution in [1.29, 1.82) is 0 Å². The molecule has 1 heterocycles. The molecular weight excluding hydrogens is 386 g/mol. The maximum absolute atomic E-state index is 11.6. The predicted octanol–water partition coefficient (Wildman–Crippen LogP) is 2.93. The highest BCUT2D eigenvalue weighted by Gasteiger charge is 2.31. The molecule has 2 unspecified atom stereocenters. The molecule has 4 N–H and O–H groups in total. The lowest BCUT2D eigenvalue weighted by molar-refractivity contribution is -0.118. The van der Waals surface area contributed by atoms with Crippen LogP contribution in [-0.2, 0) is 11.2 Å². The van der Waals surface area contributed by atoms with E-state index in [-0.39, 0.29) is 11.1 Å². The first-order valence-electron chi connectivity index (χ1n) is 8.52. The van der Waals surface area contributed by atoms with Gasteiger partial charge in [0.15, 0.2) is 5.37 Å². The van der Waals surface area contributed by atoms with Crippen LogP contribution < -0.4 is 16.0 Å². The van der Waals surface area contributed by atoms with E-state index >= 15 is 0 Å². The molecule has 6 nitrogen and oxygen atoms in total. The summed E-state index contributed by atoms with van der Waals surface area (Å²) < 4.78 is 0. The van der Waals surface area contributed by atoms with Gasteiger partial charge in [-0.3, -0.25) is 14.9 Å². The molecule has 0 saturated carbocycles. The Morgan fingerprint density at radius 1 is 1.19 bits per heavy atom. The molecule has 0 radical (unpaired) electrons. The second-order valence-corrected chi connectivity index (χ2v) is 7.66. The largest absolute Gasteiger partial charge is 0.387 e. The predicted molar refractivity (Wildman–Crippen MR) is 108 cm³/mol. The van der Waals surface area contributed by atoms with Gasteiger partial charge in [-0.15, -0.1) is 0 Å². The number of aliphatic hydroxyl groups is 1. The lowest BCUT2D eigenvalue weighted by Gasteiger charge is -2.13. The molecule has 1 fully saturated rings. The summed E-state index contributed by atoms with van der Waals surface area (Å²) in [6.07, 6.45) is 0.202. The molecule has 1 aliphatic rings. The second kappa shape index (κ2) is 9.23. The maximum Gasteiger partial charge on any atom is 0.288 e. The van der Waals surface area contributed by atoms with Gasteiger partial charge < -0.3 is 15.7 Å². The molecular formula is C19H20ClN3O3S. The molecule has 0 spiro atoms. The summed E-state index contributed by atoms with van der Waals surface area (Å²) in [7, 11) is 0. The first-order valence-corrected chi connectivity index (χ1v) is 9.78. The van der Waals surface area contributed by atoms with Crippen LogP contribution in [0.3, 0.4) is 0 Å². The third kappa shape index (κ3) is 5.71. The van der Waals surface area contributed by atoms with Gasteiger partial charge in [0.2, 0.25) is 0 Å². The van der Waals surface area contributed by atoms with Crippen molar-refractivity contribution in [1.82, 2.24) is 10.6 Å². The zero-order valence-electron chi connectivity index (χ0n) is 14.4. The van der Waals surface area contributed by atoms with Gasteiger partial charge in [0.1, 0.15) is 0 Å². The fourth-order valence-electron chi connectivity index (χ4n) is 2.67. The van der Waals surface area contributed by atoms with Gasteiger partial charge >= 0.3 is 0 Å². The van der Waals surface area contributed by atoms with E-state index in [0.717, 1.165) is 41.5 Å². The number of anilines is 1. The van der Waals surface area contributed by atoms with Crippen LogP contribution in [-0.4, -0.2) is 34.7 Å². The average molecular weight is 406 g/mol. The lowest BCUT2D eigenvalue weighted by atomic mass is 10.1. The van der Waals surface area contributed by atoms with Crippen molar-refractivity contribution in [2.24, 2.45) is 0 Å². The van der Waals surface area contributed by atoms with Crippen LogP contribution in [0, 0.1) is 0 Å². The van der Waals surface area contributed by atoms with Crippen molar-refractivity contribution >= 4 is 40.2 Å². The number of nitrogens with one attached hydrogen (secondary N) is 3. The summed E-state index contributed by atoms with van der Waals surface area (Å²) in [4.78, 5) is 22.7. The zero-order valence-corrected chi connectivity index (χ0v) is 16.0. The van der Waals surface area contributed by atoms with Gasteiger partial charge in [0, 0.05) is 17.3 Å². The molecule has 3 rings (SSSR count). The highest BCUT2D eigenvalue weighted by atomic mass is 35.5. The van der Waals surface area contributed by atoms with Gasteiger partial charge in [-0.05, 0) is 60.1 Å². The van der Waals surface area contributed by atoms with Gasteiger partial charge in [0.05, 0.1) is 6.10 Å². The van der Waals surface area contributed by atoms with E-state index in [1.54, 1.807) is 12.1 Å². The van der Waals surface area contributed by atoms with Gasteiger partial charge in [-0.2, -0.15) is 0 Å². The summed E-state index contributed by atoms with van der Waals surface area (Å²) >= 11 is 6.87. The minimum Gasteiger partial charge on any atom is -0.387 e. The van der Waals surface area contributed by atoms with E-state index in [4.69, 9.17) is 11.6 Å². The highest BCUT2D eigenvalue weighted by molar-refractivity contribution is 8.15. The van der Waals surface area contributed by atoms with Crippen molar-refractivity contribution in [3.8, 4) is 0 Å². The number of benzene rings is 2. The molecule has 0 bridgehead atoms. The molecule has 0 aromatic heterocycles. The SMILES string of the molecule is O=C1NC(=O)C(Nc2ccc(CCNCC(O)c3cccc(Cl)c3)cc2)S1. The standard InChI is InChI=1S/C19H20ClN3O3S/c20-14-3-1-2-13(10-14)16(24)11-21-9-8-12-4-6-15(7-5-12)22-18-17(25)23-19(26)27-18/h1-7,10,16,18,21-22,24H,8-9,11H2,(H,23,25,26). The van der Waals surface area contributed by atoms with Crippen LogP contribution >= 0.6 is 23.4 Å². The zero-order chi connectivity index (χ0) is 19.2. The molecule has 2 aromatic rings. The summed E-state index contributed by atoms with van der Waals surface area (Å²) in [6.45, 7) is 1.17. The Balaban J connectivity index is 1.41. The summed E-state index contributed by atoms with van der Waals surface area (Å²) in [5.74, 6) is -0.323. The Morgan fingerprint density at radius 3 is 2.63 bits per heavy atom. The molecule has 0 aliphatic carbocycles. The summed E-state index contributed by atoms with van der Waals surface area (Å²) in [5.41, 5.74) is 2.70. The normalized spacial score (nSPS) is 17.6. The number of imide groups is 1. The summed E-state index contributed by atoms with van der Waals surface area (Å²) in [6, 6.07) is 14.9. The molecule has 2 aromatic carbocycles. The molecule has 2 atom stereocenters. The fraction of sp³-hybridized carbons (Fsp3) is 0.263. The number of carbonyl (C=O) groups excluding carboxylic acids is 2. The third-order valence-corrected chi connectivity index (χ3v) is 5.22. The number of aliphatic hydroxyl groups excluding tert-OH is 1. The Morgan fingerprint density at radius 2 is 1.96 bits per heavy atom. The van der Waals surface area contributed by atoms with Crippen molar-refractivity contribution in [3.05, 3.63) is 64.7 Å². The van der Waals surface area contributed by atoms with Crippen LogP contribution in [0.2, 0.25) is 5.02 Å². The number of hydrogen-bond acceptors (Lipinski definition) is 6. The van der Waals surface area contributed by atoms with E-state index in [0.29, 0.717) is 11.6 Å². The summed E-state index contributed by atoms with van der Waals surface area (Å²) in [5, 5.41) is 18.4. The van der Waals surface area contributed by atoms with Crippen molar-refractivity contribution in [2.45, 2.75) is 17.9 Å². The van der Waals surface area contributed by atoms with Gasteiger partial charge in [0.25, 0.3) is 11.1 Å². The van der Waals surface area contributed by atoms with E-state index in [1.165, 1.54) is 0 Å². The second-order valence-electron chi connectivity index (χ2n) is 6.14. The van der Waals surface area contributed by atoms with Crippen molar-refractivity contribution in [2.75, 3.05) is 18.4 Å². The first-order chi connectivity index (χ1) is 13.0. The highest BCUT2D eigenvalue weighted by Crippen LogP contribution is 2.22. The first kappa shape index (κ1) is 19.7. The Hall–Kier alpha value is -2.06. The molecule has 142 valence electrons. The molecule has 27 heavy (non-hydrogen) atoms. The minimum absolute atomic E-state index is 0.323. The molecule has 1 saturated heterocycles. The number of rotatable bonds is 8. The van der Waals surface area contributed by atoms with Gasteiger partial charge in [-0.25, -0.2) is 0 Å². The lowest BCUT2D eigenvalue weighted by Crippen LogP contribution is -2.29. The minimum atomic E-state index is -0.604. The number of carbonyl (C=O) groups is 2. The molecule has 8 heteroatoms. The van der Waals surface area contributed by atoms with Crippen LogP contribution in [0.1, 0.15) is 17.2 Å². The number of hydrogen-bond donors (Lipinski definition) is 4. The average Bonchev–Trinajstić information content (AvgIpc) is 2.97. The Labute approximate surface area is 166 Å². The van der Waals surface area contributed by atoms with E-state index in [9.17, 15) is 14.7 Å². The van der Waals surface area contributed by atoms with E-state index in [1.807, 2.05) is 36.4 Å². The maximum atomic E-state index is 11.6. The fourth-order valence-corrected chi connectivity index (χ4v) is 3.61. The van der Waals surface area contributed by atoms with Crippen LogP contribution in [0.5, 0.6) is 0 Å². The number of thioether (sulfide) groups is 1. The van der Waals surface area contributed by atoms with Crippen LogP contribution in [0.25, 0.3) is 0 Å². The Kier molecular flexibility index (Phi) is 6.73. The van der Waals surface area contributed by atoms with Crippen LogP contribution in [0.15, 0.2) is 48.5 Å². The number of amides is 2. The molecule has 1 aliphatic heterocycles. The quantitative estimate of drug-likeness (QED) is 0.505.